The number of carbonyl (C=O) groups is 1. The van der Waals surface area contributed by atoms with Gasteiger partial charge >= 0.3 is 5.69 Å². The first-order valence-corrected chi connectivity index (χ1v) is 5.45. The van der Waals surface area contributed by atoms with Crippen LogP contribution in [0.5, 0.6) is 11.5 Å². The standard InChI is InChI=1S/C13H10N2O4/c1-9-12(3-2-6-14-9)19-13-5-4-10(8-16)7-11(13)15(17)18/h2-8H,1H3. The van der Waals surface area contributed by atoms with E-state index in [-0.39, 0.29) is 17.0 Å². The molecule has 0 saturated carbocycles. The van der Waals surface area contributed by atoms with Gasteiger partial charge in [-0.1, -0.05) is 0 Å². The van der Waals surface area contributed by atoms with E-state index in [1.54, 1.807) is 25.3 Å². The van der Waals surface area contributed by atoms with Gasteiger partial charge in [0.2, 0.25) is 5.75 Å². The summed E-state index contributed by atoms with van der Waals surface area (Å²) >= 11 is 0. The smallest absolute Gasteiger partial charge is 0.312 e. The summed E-state index contributed by atoms with van der Waals surface area (Å²) in [5, 5.41) is 11.0. The summed E-state index contributed by atoms with van der Waals surface area (Å²) in [4.78, 5) is 25.0. The Bertz CT molecular complexity index is 640. The minimum absolute atomic E-state index is 0.0756. The molecule has 0 spiro atoms. The minimum atomic E-state index is -0.589. The van der Waals surface area contributed by atoms with Crippen LogP contribution >= 0.6 is 0 Å². The molecule has 1 aromatic heterocycles. The Morgan fingerprint density at radius 1 is 1.32 bits per heavy atom. The molecule has 6 nitrogen and oxygen atoms in total. The molecule has 96 valence electrons. The van der Waals surface area contributed by atoms with Crippen LogP contribution in [-0.4, -0.2) is 16.2 Å². The van der Waals surface area contributed by atoms with Gasteiger partial charge in [0.05, 0.1) is 10.6 Å². The van der Waals surface area contributed by atoms with Gasteiger partial charge in [-0.25, -0.2) is 0 Å². The zero-order chi connectivity index (χ0) is 13.8. The molecule has 0 bridgehead atoms. The molecule has 2 aromatic rings. The molecule has 0 radical (unpaired) electrons. The molecule has 0 fully saturated rings. The van der Waals surface area contributed by atoms with Crippen LogP contribution in [0.2, 0.25) is 0 Å². The highest BCUT2D eigenvalue weighted by atomic mass is 16.6. The van der Waals surface area contributed by atoms with Crippen molar-refractivity contribution in [3.8, 4) is 11.5 Å². The Morgan fingerprint density at radius 3 is 2.74 bits per heavy atom. The van der Waals surface area contributed by atoms with Crippen molar-refractivity contribution in [2.45, 2.75) is 6.92 Å². The molecule has 0 aliphatic rings. The fraction of sp³-hybridized carbons (Fsp3) is 0.0769. The number of rotatable bonds is 4. The maximum Gasteiger partial charge on any atom is 0.312 e. The van der Waals surface area contributed by atoms with Crippen LogP contribution in [0.4, 0.5) is 5.69 Å². The van der Waals surface area contributed by atoms with Crippen molar-refractivity contribution < 1.29 is 14.5 Å². The number of aldehydes is 1. The number of pyridine rings is 1. The molecule has 0 aliphatic heterocycles. The first-order valence-electron chi connectivity index (χ1n) is 5.45. The van der Waals surface area contributed by atoms with Crippen molar-refractivity contribution in [1.29, 1.82) is 0 Å². The molecular formula is C13H10N2O4. The van der Waals surface area contributed by atoms with E-state index >= 15 is 0 Å². The van der Waals surface area contributed by atoms with Crippen LogP contribution in [-0.2, 0) is 0 Å². The molecule has 1 aromatic carbocycles. The molecule has 0 atom stereocenters. The summed E-state index contributed by atoms with van der Waals surface area (Å²) in [6.07, 6.45) is 2.15. The zero-order valence-electron chi connectivity index (χ0n) is 10.1. The summed E-state index contributed by atoms with van der Waals surface area (Å²) in [7, 11) is 0. The maximum atomic E-state index is 11.0. The largest absolute Gasteiger partial charge is 0.448 e. The third kappa shape index (κ3) is 2.74. The molecule has 19 heavy (non-hydrogen) atoms. The van der Waals surface area contributed by atoms with Crippen molar-refractivity contribution in [3.05, 3.63) is 57.9 Å². The molecule has 0 unspecified atom stereocenters. The van der Waals surface area contributed by atoms with Crippen molar-refractivity contribution >= 4 is 12.0 Å². The van der Waals surface area contributed by atoms with Gasteiger partial charge in [0.25, 0.3) is 0 Å². The Hall–Kier alpha value is -2.76. The summed E-state index contributed by atoms with van der Waals surface area (Å²) < 4.78 is 5.48. The Kier molecular flexibility index (Phi) is 3.51. The van der Waals surface area contributed by atoms with Gasteiger partial charge in [-0.2, -0.15) is 0 Å². The Labute approximate surface area is 108 Å². The van der Waals surface area contributed by atoms with Crippen molar-refractivity contribution in [3.63, 3.8) is 0 Å². The predicted molar refractivity (Wildman–Crippen MR) is 67.5 cm³/mol. The lowest BCUT2D eigenvalue weighted by Crippen LogP contribution is -1.96. The number of nitro groups is 1. The Balaban J connectivity index is 2.43. The van der Waals surface area contributed by atoms with Crippen LogP contribution in [0.1, 0.15) is 16.1 Å². The van der Waals surface area contributed by atoms with Gasteiger partial charge in [-0.3, -0.25) is 19.9 Å². The van der Waals surface area contributed by atoms with E-state index in [0.29, 0.717) is 17.7 Å². The molecule has 0 N–H and O–H groups in total. The van der Waals surface area contributed by atoms with Gasteiger partial charge in [0.1, 0.15) is 12.0 Å². The number of benzene rings is 1. The van der Waals surface area contributed by atoms with Crippen molar-refractivity contribution in [2.75, 3.05) is 0 Å². The average Bonchev–Trinajstić information content (AvgIpc) is 2.41. The lowest BCUT2D eigenvalue weighted by molar-refractivity contribution is -0.385. The number of aryl methyl sites for hydroxylation is 1. The topological polar surface area (TPSA) is 82.3 Å². The van der Waals surface area contributed by atoms with Gasteiger partial charge in [-0.15, -0.1) is 0 Å². The number of hydrogen-bond acceptors (Lipinski definition) is 5. The number of carbonyl (C=O) groups excluding carboxylic acids is 1. The van der Waals surface area contributed by atoms with Crippen molar-refractivity contribution in [2.24, 2.45) is 0 Å². The second-order valence-corrected chi connectivity index (χ2v) is 3.79. The van der Waals surface area contributed by atoms with Gasteiger partial charge in [-0.05, 0) is 31.2 Å². The Morgan fingerprint density at radius 2 is 2.11 bits per heavy atom. The highest BCUT2D eigenvalue weighted by molar-refractivity contribution is 5.77. The third-order valence-corrected chi connectivity index (χ3v) is 2.49. The number of aromatic nitrogens is 1. The molecule has 1 heterocycles. The fourth-order valence-corrected chi connectivity index (χ4v) is 1.53. The van der Waals surface area contributed by atoms with E-state index in [1.165, 1.54) is 18.2 Å². The predicted octanol–water partition coefficient (Wildman–Crippen LogP) is 2.90. The minimum Gasteiger partial charge on any atom is -0.448 e. The molecule has 6 heteroatoms. The lowest BCUT2D eigenvalue weighted by atomic mass is 10.2. The van der Waals surface area contributed by atoms with Crippen LogP contribution < -0.4 is 4.74 Å². The normalized spacial score (nSPS) is 9.95. The number of nitro benzene ring substituents is 1. The molecule has 0 aliphatic carbocycles. The van der Waals surface area contributed by atoms with Gasteiger partial charge in [0.15, 0.2) is 0 Å². The highest BCUT2D eigenvalue weighted by Crippen LogP contribution is 2.32. The lowest BCUT2D eigenvalue weighted by Gasteiger charge is -2.08. The third-order valence-electron chi connectivity index (χ3n) is 2.49. The zero-order valence-corrected chi connectivity index (χ0v) is 10.1. The second kappa shape index (κ2) is 5.26. The van der Waals surface area contributed by atoms with E-state index in [4.69, 9.17) is 4.74 Å². The van der Waals surface area contributed by atoms with E-state index in [0.717, 1.165) is 0 Å². The van der Waals surface area contributed by atoms with E-state index in [9.17, 15) is 14.9 Å². The van der Waals surface area contributed by atoms with Crippen molar-refractivity contribution in [1.82, 2.24) is 4.98 Å². The van der Waals surface area contributed by atoms with Crippen LogP contribution in [0.15, 0.2) is 36.5 Å². The van der Waals surface area contributed by atoms with Gasteiger partial charge < -0.3 is 4.74 Å². The average molecular weight is 258 g/mol. The quantitative estimate of drug-likeness (QED) is 0.478. The first kappa shape index (κ1) is 12.7. The molecular weight excluding hydrogens is 248 g/mol. The monoisotopic (exact) mass is 258 g/mol. The first-order chi connectivity index (χ1) is 9.11. The summed E-state index contributed by atoms with van der Waals surface area (Å²) in [6, 6.07) is 7.37. The number of nitrogens with zero attached hydrogens (tertiary/aromatic N) is 2. The number of hydrogen-bond donors (Lipinski definition) is 0. The highest BCUT2D eigenvalue weighted by Gasteiger charge is 2.17. The fourth-order valence-electron chi connectivity index (χ4n) is 1.53. The van der Waals surface area contributed by atoms with Crippen LogP contribution in [0.3, 0.4) is 0 Å². The van der Waals surface area contributed by atoms with E-state index in [2.05, 4.69) is 4.98 Å². The SMILES string of the molecule is Cc1ncccc1Oc1ccc(C=O)cc1[N+](=O)[O-]. The van der Waals surface area contributed by atoms with Crippen LogP contribution in [0.25, 0.3) is 0 Å². The molecule has 0 amide bonds. The van der Waals surface area contributed by atoms with E-state index < -0.39 is 4.92 Å². The maximum absolute atomic E-state index is 11.0. The van der Waals surface area contributed by atoms with Gasteiger partial charge in [0, 0.05) is 17.8 Å². The van der Waals surface area contributed by atoms with Crippen LogP contribution in [0, 0.1) is 17.0 Å². The second-order valence-electron chi connectivity index (χ2n) is 3.79. The summed E-state index contributed by atoms with van der Waals surface area (Å²) in [5.41, 5.74) is 0.589. The van der Waals surface area contributed by atoms with E-state index in [1.807, 2.05) is 0 Å². The summed E-state index contributed by atoms with van der Waals surface area (Å²) in [5.74, 6) is 0.510. The number of ether oxygens (including phenoxy) is 1. The molecule has 2 rings (SSSR count). The summed E-state index contributed by atoms with van der Waals surface area (Å²) in [6.45, 7) is 1.74. The molecule has 0 saturated heterocycles.